The van der Waals surface area contributed by atoms with Crippen LogP contribution in [0.4, 0.5) is 0 Å². The van der Waals surface area contributed by atoms with Crippen LogP contribution in [-0.2, 0) is 6.54 Å². The second-order valence-electron chi connectivity index (χ2n) is 7.43. The van der Waals surface area contributed by atoms with Crippen molar-refractivity contribution in [3.8, 4) is 0 Å². The Hall–Kier alpha value is -1.95. The van der Waals surface area contributed by atoms with Crippen LogP contribution in [0, 0.1) is 0 Å². The normalized spacial score (nSPS) is 11.3. The van der Waals surface area contributed by atoms with E-state index in [2.05, 4.69) is 104 Å². The Bertz CT molecular complexity index is 777. The first-order chi connectivity index (χ1) is 13.8. The number of rotatable bonds is 10. The van der Waals surface area contributed by atoms with Gasteiger partial charge < -0.3 is 4.90 Å². The molecule has 2 heteroatoms. The van der Waals surface area contributed by atoms with E-state index in [1.54, 1.807) is 0 Å². The van der Waals surface area contributed by atoms with Crippen LogP contribution in [-0.4, -0.2) is 18.5 Å². The van der Waals surface area contributed by atoms with Crippen LogP contribution in [0.2, 0.25) is 0 Å². The molecule has 3 aromatic carbocycles. The van der Waals surface area contributed by atoms with E-state index in [0.717, 1.165) is 6.54 Å². The first kappa shape index (κ1) is 20.8. The maximum Gasteiger partial charge on any atom is 0.0237 e. The lowest BCUT2D eigenvalue weighted by molar-refractivity contribution is 0.318. The van der Waals surface area contributed by atoms with Gasteiger partial charge in [-0.25, -0.2) is 0 Å². The van der Waals surface area contributed by atoms with E-state index >= 15 is 0 Å². The highest BCUT2D eigenvalue weighted by Gasteiger charge is 2.19. The molecule has 1 nitrogen and oxygen atoms in total. The van der Waals surface area contributed by atoms with Gasteiger partial charge in [0.2, 0.25) is 0 Å². The summed E-state index contributed by atoms with van der Waals surface area (Å²) < 4.78 is 0. The Morgan fingerprint density at radius 3 is 1.86 bits per heavy atom. The Balaban J connectivity index is 1.87. The van der Waals surface area contributed by atoms with E-state index in [9.17, 15) is 0 Å². The summed E-state index contributed by atoms with van der Waals surface area (Å²) >= 11 is 0. The minimum Gasteiger partial charge on any atom is -0.302 e. The number of hydrogen-bond donors (Lipinski definition) is 0. The molecule has 0 aromatic heterocycles. The van der Waals surface area contributed by atoms with E-state index in [0.29, 0.717) is 0 Å². The molecule has 0 heterocycles. The van der Waals surface area contributed by atoms with Gasteiger partial charge in [0.1, 0.15) is 0 Å². The van der Waals surface area contributed by atoms with E-state index in [1.165, 1.54) is 53.7 Å². The summed E-state index contributed by atoms with van der Waals surface area (Å²) in [6.07, 6.45) is 5.27. The fourth-order valence-corrected chi connectivity index (χ4v) is 6.09. The summed E-state index contributed by atoms with van der Waals surface area (Å²) in [6, 6.07) is 31.0. The van der Waals surface area contributed by atoms with E-state index < -0.39 is 7.92 Å². The second-order valence-corrected chi connectivity index (χ2v) is 9.62. The van der Waals surface area contributed by atoms with Crippen molar-refractivity contribution in [3.05, 3.63) is 90.5 Å². The molecule has 0 aliphatic carbocycles. The first-order valence-electron chi connectivity index (χ1n) is 10.5. The van der Waals surface area contributed by atoms with Crippen LogP contribution in [0.5, 0.6) is 0 Å². The highest BCUT2D eigenvalue weighted by molar-refractivity contribution is 7.79. The molecule has 0 fully saturated rings. The van der Waals surface area contributed by atoms with Crippen molar-refractivity contribution in [2.75, 3.05) is 13.6 Å². The molecule has 3 rings (SSSR count). The molecular weight excluding hydrogens is 357 g/mol. The third-order valence-corrected chi connectivity index (χ3v) is 7.64. The molecule has 0 aliphatic heterocycles. The second kappa shape index (κ2) is 11.1. The number of unbranched alkanes of at least 4 members (excludes halogenated alkanes) is 3. The predicted molar refractivity (Wildman–Crippen MR) is 126 cm³/mol. The molecule has 0 saturated carbocycles. The van der Waals surface area contributed by atoms with Crippen LogP contribution in [0.15, 0.2) is 84.9 Å². The molecule has 0 amide bonds. The Labute approximate surface area is 172 Å². The molecular formula is C26H32NP. The van der Waals surface area contributed by atoms with Gasteiger partial charge in [0.25, 0.3) is 0 Å². The summed E-state index contributed by atoms with van der Waals surface area (Å²) in [6.45, 7) is 4.46. The monoisotopic (exact) mass is 389 g/mol. The Morgan fingerprint density at radius 1 is 0.679 bits per heavy atom. The van der Waals surface area contributed by atoms with Gasteiger partial charge in [-0.1, -0.05) is 111 Å². The Morgan fingerprint density at radius 2 is 1.25 bits per heavy atom. The number of benzene rings is 3. The molecule has 0 N–H and O–H groups in total. The minimum atomic E-state index is -0.543. The summed E-state index contributed by atoms with van der Waals surface area (Å²) in [5.41, 5.74) is 1.46. The van der Waals surface area contributed by atoms with Crippen LogP contribution >= 0.6 is 7.92 Å². The van der Waals surface area contributed by atoms with Gasteiger partial charge in [-0.15, -0.1) is 0 Å². The van der Waals surface area contributed by atoms with Crippen molar-refractivity contribution in [3.63, 3.8) is 0 Å². The molecule has 0 atom stereocenters. The fraction of sp³-hybridized carbons (Fsp3) is 0.308. The zero-order chi connectivity index (χ0) is 19.6. The molecule has 28 heavy (non-hydrogen) atoms. The van der Waals surface area contributed by atoms with Gasteiger partial charge >= 0.3 is 0 Å². The Kier molecular flexibility index (Phi) is 8.27. The highest BCUT2D eigenvalue weighted by atomic mass is 31.1. The molecule has 0 bridgehead atoms. The van der Waals surface area contributed by atoms with Gasteiger partial charge in [-0.3, -0.25) is 0 Å². The molecule has 3 aromatic rings. The highest BCUT2D eigenvalue weighted by Crippen LogP contribution is 2.34. The molecule has 0 unspecified atom stereocenters. The maximum atomic E-state index is 2.48. The zero-order valence-electron chi connectivity index (χ0n) is 17.2. The van der Waals surface area contributed by atoms with Crippen LogP contribution < -0.4 is 15.9 Å². The van der Waals surface area contributed by atoms with Crippen molar-refractivity contribution in [1.82, 2.24) is 4.90 Å². The smallest absolute Gasteiger partial charge is 0.0237 e. The predicted octanol–water partition coefficient (Wildman–Crippen LogP) is 5.46. The quantitative estimate of drug-likeness (QED) is 0.329. The molecule has 0 radical (unpaired) electrons. The maximum absolute atomic E-state index is 2.48. The third kappa shape index (κ3) is 5.77. The molecule has 0 saturated heterocycles. The average molecular weight is 390 g/mol. The zero-order valence-corrected chi connectivity index (χ0v) is 18.1. The lowest BCUT2D eigenvalue weighted by Crippen LogP contribution is -2.27. The van der Waals surface area contributed by atoms with Crippen molar-refractivity contribution < 1.29 is 0 Å². The van der Waals surface area contributed by atoms with Crippen LogP contribution in [0.25, 0.3) is 0 Å². The van der Waals surface area contributed by atoms with Crippen LogP contribution in [0.3, 0.4) is 0 Å². The van der Waals surface area contributed by atoms with Gasteiger partial charge in [0.05, 0.1) is 0 Å². The third-order valence-electron chi connectivity index (χ3n) is 5.09. The van der Waals surface area contributed by atoms with Crippen molar-refractivity contribution in [2.45, 2.75) is 39.2 Å². The standard InChI is InChI=1S/C26H32NP/c1-3-4-5-14-21-27(2)22-23-15-12-13-20-26(23)28(24-16-8-6-9-17-24)25-18-10-7-11-19-25/h6-13,15-20H,3-5,14,21-22H2,1-2H3. The van der Waals surface area contributed by atoms with Gasteiger partial charge in [0.15, 0.2) is 0 Å². The lowest BCUT2D eigenvalue weighted by Gasteiger charge is -2.24. The SMILES string of the molecule is CCCCCCN(C)Cc1ccccc1P(c1ccccc1)c1ccccc1. The number of hydrogen-bond acceptors (Lipinski definition) is 1. The summed E-state index contributed by atoms with van der Waals surface area (Å²) in [5, 5.41) is 4.32. The van der Waals surface area contributed by atoms with E-state index in [1.807, 2.05) is 0 Å². The lowest BCUT2D eigenvalue weighted by atomic mass is 10.2. The van der Waals surface area contributed by atoms with Crippen molar-refractivity contribution >= 4 is 23.8 Å². The van der Waals surface area contributed by atoms with Crippen LogP contribution in [0.1, 0.15) is 38.2 Å². The van der Waals surface area contributed by atoms with Gasteiger partial charge in [-0.05, 0) is 49.4 Å². The van der Waals surface area contributed by atoms with Crippen molar-refractivity contribution in [1.29, 1.82) is 0 Å². The number of nitrogens with zero attached hydrogens (tertiary/aromatic N) is 1. The van der Waals surface area contributed by atoms with E-state index in [4.69, 9.17) is 0 Å². The van der Waals surface area contributed by atoms with E-state index in [-0.39, 0.29) is 0 Å². The average Bonchev–Trinajstić information content (AvgIpc) is 2.74. The minimum absolute atomic E-state index is 0.543. The van der Waals surface area contributed by atoms with Gasteiger partial charge in [0, 0.05) is 6.54 Å². The largest absolute Gasteiger partial charge is 0.302 e. The topological polar surface area (TPSA) is 3.24 Å². The molecule has 0 spiro atoms. The fourth-order valence-electron chi connectivity index (χ4n) is 3.62. The summed E-state index contributed by atoms with van der Waals surface area (Å²) in [5.74, 6) is 0. The van der Waals surface area contributed by atoms with Crippen molar-refractivity contribution in [2.24, 2.45) is 0 Å². The molecule has 0 aliphatic rings. The summed E-state index contributed by atoms with van der Waals surface area (Å²) in [7, 11) is 1.72. The molecule has 146 valence electrons. The summed E-state index contributed by atoms with van der Waals surface area (Å²) in [4.78, 5) is 2.48. The first-order valence-corrected chi connectivity index (χ1v) is 11.8. The van der Waals surface area contributed by atoms with Gasteiger partial charge in [-0.2, -0.15) is 0 Å².